The summed E-state index contributed by atoms with van der Waals surface area (Å²) in [5.41, 5.74) is 2.97. The normalized spacial score (nSPS) is 13.2. The molecule has 0 aliphatic rings. The molecule has 0 rings (SSSR count). The zero-order valence-electron chi connectivity index (χ0n) is 7.28. The fourth-order valence-corrected chi connectivity index (χ4v) is 1.06. The van der Waals surface area contributed by atoms with Gasteiger partial charge in [-0.1, -0.05) is 24.5 Å². The highest BCUT2D eigenvalue weighted by Crippen LogP contribution is 2.12. The molecular weight excluding hydrogens is 140 g/mol. The molecule has 0 atom stereocenters. The lowest BCUT2D eigenvalue weighted by Gasteiger charge is -2.03. The Kier molecular flexibility index (Phi) is 5.90. The average Bonchev–Trinajstić information content (AvgIpc) is 1.98. The van der Waals surface area contributed by atoms with Crippen LogP contribution in [0.15, 0.2) is 11.1 Å². The van der Waals surface area contributed by atoms with Crippen LogP contribution in [0.3, 0.4) is 0 Å². The van der Waals surface area contributed by atoms with Gasteiger partial charge in [-0.2, -0.15) is 12.6 Å². The Balaban J connectivity index is 3.68. The first-order valence-electron chi connectivity index (χ1n) is 3.98. The molecule has 0 amide bonds. The van der Waals surface area contributed by atoms with Gasteiger partial charge >= 0.3 is 0 Å². The van der Waals surface area contributed by atoms with Crippen LogP contribution in [0.1, 0.15) is 40.0 Å². The number of allylic oxidation sites excluding steroid dienone is 1. The van der Waals surface area contributed by atoms with Gasteiger partial charge in [0.05, 0.1) is 0 Å². The van der Waals surface area contributed by atoms with E-state index in [1.54, 1.807) is 0 Å². The van der Waals surface area contributed by atoms with Crippen molar-refractivity contribution in [1.29, 1.82) is 0 Å². The molecule has 0 aromatic rings. The standard InChI is InChI=1S/C9H18S/c1-4-5-6-8(2)9(3)7-10/h10H,4-7H2,1-3H3. The second kappa shape index (κ2) is 5.84. The minimum Gasteiger partial charge on any atom is -0.175 e. The molecule has 0 bridgehead atoms. The third kappa shape index (κ3) is 3.99. The van der Waals surface area contributed by atoms with Crippen molar-refractivity contribution in [3.63, 3.8) is 0 Å². The summed E-state index contributed by atoms with van der Waals surface area (Å²) in [5.74, 6) is 0.912. The van der Waals surface area contributed by atoms with E-state index in [1.807, 2.05) is 0 Å². The smallest absolute Gasteiger partial charge is 0.0112 e. The van der Waals surface area contributed by atoms with Gasteiger partial charge in [-0.25, -0.2) is 0 Å². The van der Waals surface area contributed by atoms with Crippen molar-refractivity contribution in [3.8, 4) is 0 Å². The molecule has 0 saturated heterocycles. The summed E-state index contributed by atoms with van der Waals surface area (Å²) >= 11 is 4.22. The molecule has 0 aliphatic heterocycles. The van der Waals surface area contributed by atoms with Crippen LogP contribution in [0.25, 0.3) is 0 Å². The van der Waals surface area contributed by atoms with Crippen molar-refractivity contribution in [2.45, 2.75) is 40.0 Å². The van der Waals surface area contributed by atoms with Crippen LogP contribution in [-0.2, 0) is 0 Å². The van der Waals surface area contributed by atoms with E-state index in [4.69, 9.17) is 0 Å². The number of hydrogen-bond donors (Lipinski definition) is 1. The summed E-state index contributed by atoms with van der Waals surface area (Å²) in [4.78, 5) is 0. The highest BCUT2D eigenvalue weighted by atomic mass is 32.1. The fourth-order valence-electron chi connectivity index (χ4n) is 0.790. The third-order valence-electron chi connectivity index (χ3n) is 1.87. The van der Waals surface area contributed by atoms with Crippen LogP contribution in [-0.4, -0.2) is 5.75 Å². The molecule has 60 valence electrons. The number of hydrogen-bond acceptors (Lipinski definition) is 1. The van der Waals surface area contributed by atoms with Crippen LogP contribution in [0, 0.1) is 0 Å². The van der Waals surface area contributed by atoms with Gasteiger partial charge in [0.25, 0.3) is 0 Å². The van der Waals surface area contributed by atoms with Crippen molar-refractivity contribution in [2.24, 2.45) is 0 Å². The van der Waals surface area contributed by atoms with Crippen LogP contribution < -0.4 is 0 Å². The minimum atomic E-state index is 0.912. The molecule has 0 unspecified atom stereocenters. The SMILES string of the molecule is CCCCC(C)=C(C)CS. The summed E-state index contributed by atoms with van der Waals surface area (Å²) in [5, 5.41) is 0. The van der Waals surface area contributed by atoms with E-state index in [1.165, 1.54) is 30.4 Å². The number of unbranched alkanes of at least 4 members (excludes halogenated alkanes) is 1. The first-order valence-corrected chi connectivity index (χ1v) is 4.61. The molecule has 0 heterocycles. The number of rotatable bonds is 4. The second-order valence-corrected chi connectivity index (χ2v) is 3.14. The highest BCUT2D eigenvalue weighted by molar-refractivity contribution is 7.80. The van der Waals surface area contributed by atoms with Crippen LogP contribution >= 0.6 is 12.6 Å². The van der Waals surface area contributed by atoms with Crippen molar-refractivity contribution in [1.82, 2.24) is 0 Å². The fraction of sp³-hybridized carbons (Fsp3) is 0.778. The third-order valence-corrected chi connectivity index (χ3v) is 2.35. The van der Waals surface area contributed by atoms with E-state index in [0.717, 1.165) is 5.75 Å². The van der Waals surface area contributed by atoms with Gasteiger partial charge in [0, 0.05) is 5.75 Å². The molecule has 10 heavy (non-hydrogen) atoms. The Hall–Kier alpha value is 0.0900. The molecule has 0 fully saturated rings. The quantitative estimate of drug-likeness (QED) is 0.470. The first-order chi connectivity index (χ1) is 4.72. The van der Waals surface area contributed by atoms with E-state index in [0.29, 0.717) is 0 Å². The molecule has 0 radical (unpaired) electrons. The van der Waals surface area contributed by atoms with Gasteiger partial charge in [-0.05, 0) is 26.7 Å². The molecule has 1 heteroatoms. The van der Waals surface area contributed by atoms with Crippen molar-refractivity contribution >= 4 is 12.6 Å². The average molecular weight is 158 g/mol. The van der Waals surface area contributed by atoms with Gasteiger partial charge in [0.1, 0.15) is 0 Å². The van der Waals surface area contributed by atoms with Gasteiger partial charge in [-0.3, -0.25) is 0 Å². The second-order valence-electron chi connectivity index (χ2n) is 2.82. The Labute approximate surface area is 70.1 Å². The van der Waals surface area contributed by atoms with E-state index < -0.39 is 0 Å². The van der Waals surface area contributed by atoms with Crippen molar-refractivity contribution < 1.29 is 0 Å². The van der Waals surface area contributed by atoms with Crippen LogP contribution in [0.4, 0.5) is 0 Å². The predicted molar refractivity (Wildman–Crippen MR) is 51.8 cm³/mol. The predicted octanol–water partition coefficient (Wildman–Crippen LogP) is 3.44. The minimum absolute atomic E-state index is 0.912. The Morgan fingerprint density at radius 1 is 1.20 bits per heavy atom. The Morgan fingerprint density at radius 2 is 1.80 bits per heavy atom. The van der Waals surface area contributed by atoms with E-state index in [2.05, 4.69) is 33.4 Å². The van der Waals surface area contributed by atoms with Gasteiger partial charge in [0.15, 0.2) is 0 Å². The zero-order valence-corrected chi connectivity index (χ0v) is 8.17. The van der Waals surface area contributed by atoms with Crippen LogP contribution in [0.5, 0.6) is 0 Å². The van der Waals surface area contributed by atoms with Gasteiger partial charge < -0.3 is 0 Å². The van der Waals surface area contributed by atoms with Crippen molar-refractivity contribution in [2.75, 3.05) is 5.75 Å². The first kappa shape index (κ1) is 10.1. The molecule has 0 aliphatic carbocycles. The van der Waals surface area contributed by atoms with Gasteiger partial charge in [-0.15, -0.1) is 0 Å². The van der Waals surface area contributed by atoms with E-state index in [9.17, 15) is 0 Å². The molecular formula is C9H18S. The lowest BCUT2D eigenvalue weighted by Crippen LogP contribution is -1.85. The molecule has 0 nitrogen and oxygen atoms in total. The highest BCUT2D eigenvalue weighted by Gasteiger charge is 1.93. The Bertz CT molecular complexity index is 114. The van der Waals surface area contributed by atoms with E-state index in [-0.39, 0.29) is 0 Å². The van der Waals surface area contributed by atoms with E-state index >= 15 is 0 Å². The maximum absolute atomic E-state index is 4.22. The molecule has 0 N–H and O–H groups in total. The Morgan fingerprint density at radius 3 is 2.20 bits per heavy atom. The molecule has 0 saturated carbocycles. The summed E-state index contributed by atoms with van der Waals surface area (Å²) < 4.78 is 0. The molecule has 0 spiro atoms. The monoisotopic (exact) mass is 158 g/mol. The lowest BCUT2D eigenvalue weighted by molar-refractivity contribution is 0.781. The summed E-state index contributed by atoms with van der Waals surface area (Å²) in [6.45, 7) is 6.60. The van der Waals surface area contributed by atoms with Crippen molar-refractivity contribution in [3.05, 3.63) is 11.1 Å². The number of thiol groups is 1. The van der Waals surface area contributed by atoms with Gasteiger partial charge in [0.2, 0.25) is 0 Å². The maximum atomic E-state index is 4.22. The largest absolute Gasteiger partial charge is 0.175 e. The summed E-state index contributed by atoms with van der Waals surface area (Å²) in [6.07, 6.45) is 3.86. The lowest BCUT2D eigenvalue weighted by atomic mass is 10.1. The molecule has 0 aromatic heterocycles. The molecule has 0 aromatic carbocycles. The summed E-state index contributed by atoms with van der Waals surface area (Å²) in [7, 11) is 0. The topological polar surface area (TPSA) is 0 Å². The summed E-state index contributed by atoms with van der Waals surface area (Å²) in [6, 6.07) is 0. The maximum Gasteiger partial charge on any atom is 0.0112 e. The zero-order chi connectivity index (χ0) is 7.98. The van der Waals surface area contributed by atoms with Crippen LogP contribution in [0.2, 0.25) is 0 Å².